The Bertz CT molecular complexity index is 861. The second kappa shape index (κ2) is 5.96. The first-order valence-corrected chi connectivity index (χ1v) is 10.5. The molecule has 0 amide bonds. The monoisotopic (exact) mass is 380 g/mol. The summed E-state index contributed by atoms with van der Waals surface area (Å²) in [5.41, 5.74) is 2.04. The smallest absolute Gasteiger partial charge is 0.446 e. The highest BCUT2D eigenvalue weighted by molar-refractivity contribution is 7.81. The van der Waals surface area contributed by atoms with Crippen molar-refractivity contribution < 1.29 is 26.7 Å². The van der Waals surface area contributed by atoms with Crippen LogP contribution >= 0.6 is 0 Å². The molecule has 0 radical (unpaired) electrons. The molecule has 1 aromatic rings. The largest absolute Gasteiger partial charge is 0.493 e. The zero-order chi connectivity index (χ0) is 18.7. The number of carbonyl (C=O) groups excluding carboxylic acids is 1. The summed E-state index contributed by atoms with van der Waals surface area (Å²) >= 11 is 0. The molecule has 2 saturated carbocycles. The molecule has 0 spiro atoms. The van der Waals surface area contributed by atoms with Crippen LogP contribution in [-0.4, -0.2) is 25.9 Å². The van der Waals surface area contributed by atoms with E-state index >= 15 is 0 Å². The van der Waals surface area contributed by atoms with Crippen LogP contribution in [0.15, 0.2) is 12.1 Å². The average molecular weight is 380 g/mol. The van der Waals surface area contributed by atoms with Gasteiger partial charge in [-0.05, 0) is 73.1 Å². The van der Waals surface area contributed by atoms with Gasteiger partial charge in [0.05, 0.1) is 7.11 Å². The number of fused-ring (bicyclic) bond motifs is 5. The average Bonchev–Trinajstić information content (AvgIpc) is 2.88. The van der Waals surface area contributed by atoms with Crippen LogP contribution in [0.1, 0.15) is 56.1 Å². The lowest BCUT2D eigenvalue weighted by Crippen LogP contribution is -2.42. The van der Waals surface area contributed by atoms with Gasteiger partial charge in [-0.1, -0.05) is 6.92 Å². The Balaban J connectivity index is 1.72. The molecule has 2 fully saturated rings. The maximum atomic E-state index is 12.4. The van der Waals surface area contributed by atoms with Crippen molar-refractivity contribution in [1.29, 1.82) is 0 Å². The minimum atomic E-state index is -4.60. The first-order chi connectivity index (χ1) is 12.2. The number of hydrogen-bond acceptors (Lipinski definition) is 5. The van der Waals surface area contributed by atoms with E-state index in [1.54, 1.807) is 6.07 Å². The summed E-state index contributed by atoms with van der Waals surface area (Å²) in [6.45, 7) is 2.14. The lowest BCUT2D eigenvalue weighted by atomic mass is 9.55. The molecular weight excluding hydrogens is 356 g/mol. The SMILES string of the molecule is COc1cc2c(cc1OS(=O)(=O)O)CCC1C2CCC2(C)C(=O)CCC12. The summed E-state index contributed by atoms with van der Waals surface area (Å²) < 4.78 is 41.2. The molecule has 4 unspecified atom stereocenters. The van der Waals surface area contributed by atoms with Gasteiger partial charge in [0, 0.05) is 11.8 Å². The molecular formula is C19H24O6S. The summed E-state index contributed by atoms with van der Waals surface area (Å²) in [4.78, 5) is 12.4. The number of benzene rings is 1. The molecule has 0 heterocycles. The Morgan fingerprint density at radius 2 is 1.92 bits per heavy atom. The van der Waals surface area contributed by atoms with Crippen LogP contribution in [-0.2, 0) is 21.6 Å². The minimum absolute atomic E-state index is 0.0175. The Kier molecular flexibility index (Phi) is 4.08. The summed E-state index contributed by atoms with van der Waals surface area (Å²) in [6, 6.07) is 3.53. The third kappa shape index (κ3) is 2.72. The van der Waals surface area contributed by atoms with Crippen molar-refractivity contribution >= 4 is 16.2 Å². The Hall–Kier alpha value is -1.60. The molecule has 0 bridgehead atoms. The van der Waals surface area contributed by atoms with Crippen molar-refractivity contribution in [2.24, 2.45) is 17.3 Å². The van der Waals surface area contributed by atoms with E-state index in [0.29, 0.717) is 35.7 Å². The summed E-state index contributed by atoms with van der Waals surface area (Å²) in [7, 11) is -3.15. The van der Waals surface area contributed by atoms with Crippen molar-refractivity contribution in [3.8, 4) is 11.5 Å². The number of rotatable bonds is 3. The van der Waals surface area contributed by atoms with Crippen LogP contribution in [0.2, 0.25) is 0 Å². The third-order valence-electron chi connectivity index (χ3n) is 6.91. The van der Waals surface area contributed by atoms with Gasteiger partial charge in [0.25, 0.3) is 0 Å². The van der Waals surface area contributed by atoms with Gasteiger partial charge in [-0.25, -0.2) is 0 Å². The second-order valence-corrected chi connectivity index (χ2v) is 9.07. The lowest BCUT2D eigenvalue weighted by molar-refractivity contribution is -0.129. The molecule has 4 atom stereocenters. The van der Waals surface area contributed by atoms with Gasteiger partial charge in [0.1, 0.15) is 5.78 Å². The Labute approximate surface area is 153 Å². The zero-order valence-corrected chi connectivity index (χ0v) is 15.8. The fourth-order valence-corrected chi connectivity index (χ4v) is 6.04. The van der Waals surface area contributed by atoms with E-state index in [9.17, 15) is 13.2 Å². The van der Waals surface area contributed by atoms with Crippen molar-refractivity contribution in [3.63, 3.8) is 0 Å². The van der Waals surface area contributed by atoms with E-state index in [0.717, 1.165) is 37.7 Å². The number of carbonyl (C=O) groups is 1. The zero-order valence-electron chi connectivity index (χ0n) is 15.0. The van der Waals surface area contributed by atoms with Gasteiger partial charge >= 0.3 is 10.4 Å². The Morgan fingerprint density at radius 1 is 1.15 bits per heavy atom. The van der Waals surface area contributed by atoms with Crippen LogP contribution in [0.3, 0.4) is 0 Å². The van der Waals surface area contributed by atoms with Gasteiger partial charge in [-0.3, -0.25) is 9.35 Å². The summed E-state index contributed by atoms with van der Waals surface area (Å²) in [5.74, 6) is 2.01. The summed E-state index contributed by atoms with van der Waals surface area (Å²) in [5, 5.41) is 0. The minimum Gasteiger partial charge on any atom is -0.493 e. The normalized spacial score (nSPS) is 33.2. The van der Waals surface area contributed by atoms with Crippen molar-refractivity contribution in [1.82, 2.24) is 0 Å². The van der Waals surface area contributed by atoms with E-state index < -0.39 is 10.4 Å². The maximum absolute atomic E-state index is 12.4. The van der Waals surface area contributed by atoms with E-state index in [1.165, 1.54) is 12.7 Å². The molecule has 0 aliphatic heterocycles. The molecule has 142 valence electrons. The van der Waals surface area contributed by atoms with E-state index in [-0.39, 0.29) is 11.2 Å². The number of methoxy groups -OCH3 is 1. The Morgan fingerprint density at radius 3 is 2.62 bits per heavy atom. The highest BCUT2D eigenvalue weighted by atomic mass is 32.3. The molecule has 3 aliphatic rings. The standard InChI is InChI=1S/C19H24O6S/c1-19-8-7-12-13(15(19)5-6-18(19)20)4-3-11-9-17(25-26(21,22)23)16(24-2)10-14(11)12/h9-10,12-13,15H,3-8H2,1-2H3,(H,21,22,23). The fraction of sp³-hybridized carbons (Fsp3) is 0.632. The molecule has 6 nitrogen and oxygen atoms in total. The fourth-order valence-electron chi connectivity index (χ4n) is 5.69. The predicted octanol–water partition coefficient (Wildman–Crippen LogP) is 3.30. The van der Waals surface area contributed by atoms with Crippen LogP contribution in [0, 0.1) is 17.3 Å². The number of Topliss-reactive ketones (excluding diaryl/α,β-unsaturated/α-hetero) is 1. The maximum Gasteiger partial charge on any atom is 0.446 e. The number of aryl methyl sites for hydroxylation is 1. The molecule has 4 rings (SSSR count). The van der Waals surface area contributed by atoms with Crippen LogP contribution < -0.4 is 8.92 Å². The van der Waals surface area contributed by atoms with Crippen LogP contribution in [0.4, 0.5) is 0 Å². The lowest BCUT2D eigenvalue weighted by Gasteiger charge is -2.48. The summed E-state index contributed by atoms with van der Waals surface area (Å²) in [6.07, 6.45) is 5.33. The van der Waals surface area contributed by atoms with Gasteiger partial charge in [0.2, 0.25) is 0 Å². The van der Waals surface area contributed by atoms with Gasteiger partial charge < -0.3 is 8.92 Å². The quantitative estimate of drug-likeness (QED) is 0.809. The van der Waals surface area contributed by atoms with Crippen LogP contribution in [0.5, 0.6) is 11.5 Å². The number of ether oxygens (including phenoxy) is 1. The molecule has 7 heteroatoms. The molecule has 0 aromatic heterocycles. The molecule has 1 N–H and O–H groups in total. The molecule has 1 aromatic carbocycles. The highest BCUT2D eigenvalue weighted by Gasteiger charge is 2.54. The van der Waals surface area contributed by atoms with E-state index in [2.05, 4.69) is 11.1 Å². The first-order valence-electron chi connectivity index (χ1n) is 9.14. The van der Waals surface area contributed by atoms with Gasteiger partial charge in [0.15, 0.2) is 11.5 Å². The first kappa shape index (κ1) is 17.8. The number of ketones is 1. The molecule has 3 aliphatic carbocycles. The van der Waals surface area contributed by atoms with Gasteiger partial charge in [-0.15, -0.1) is 0 Å². The predicted molar refractivity (Wildman–Crippen MR) is 94.8 cm³/mol. The highest BCUT2D eigenvalue weighted by Crippen LogP contribution is 2.60. The topological polar surface area (TPSA) is 89.9 Å². The van der Waals surface area contributed by atoms with Crippen molar-refractivity contribution in [3.05, 3.63) is 23.3 Å². The second-order valence-electron chi connectivity index (χ2n) is 8.05. The third-order valence-corrected chi connectivity index (χ3v) is 7.30. The molecule has 0 saturated heterocycles. The van der Waals surface area contributed by atoms with Crippen LogP contribution in [0.25, 0.3) is 0 Å². The van der Waals surface area contributed by atoms with E-state index in [1.807, 2.05) is 6.07 Å². The van der Waals surface area contributed by atoms with Crippen molar-refractivity contribution in [2.45, 2.75) is 51.4 Å². The van der Waals surface area contributed by atoms with Crippen molar-refractivity contribution in [2.75, 3.05) is 7.11 Å². The van der Waals surface area contributed by atoms with E-state index in [4.69, 9.17) is 9.29 Å². The van der Waals surface area contributed by atoms with Gasteiger partial charge in [-0.2, -0.15) is 8.42 Å². The molecule has 26 heavy (non-hydrogen) atoms. The number of hydrogen-bond donors (Lipinski definition) is 1.